The zero-order valence-corrected chi connectivity index (χ0v) is 28.9. The summed E-state index contributed by atoms with van der Waals surface area (Å²) in [4.78, 5) is 29.7. The normalized spacial score (nSPS) is 17.0. The van der Waals surface area contributed by atoms with Crippen molar-refractivity contribution in [2.45, 2.75) is 6.18 Å². The summed E-state index contributed by atoms with van der Waals surface area (Å²) < 4.78 is 31.7. The third-order valence-corrected chi connectivity index (χ3v) is 8.99. The number of alkyl halides is 3. The Bertz CT molecular complexity index is 2600. The van der Waals surface area contributed by atoms with Crippen LogP contribution in [0.3, 0.4) is 0 Å². The summed E-state index contributed by atoms with van der Waals surface area (Å²) in [5.41, 5.74) is 15.3. The molecule has 0 fully saturated rings. The van der Waals surface area contributed by atoms with Crippen LogP contribution in [-0.4, -0.2) is 40.1 Å². The molecule has 4 aromatic rings. The average molecular weight is 727 g/mol. The Morgan fingerprint density at radius 2 is 0.909 bits per heavy atom. The molecule has 5 heterocycles. The van der Waals surface area contributed by atoms with Gasteiger partial charge in [-0.25, -0.2) is 24.8 Å². The number of carbonyl (C=O) groups is 1. The minimum Gasteiger partial charge on any atom is -0.475 e. The molecule has 0 atom stereocenters. The molecule has 0 aliphatic carbocycles. The van der Waals surface area contributed by atoms with Crippen LogP contribution in [0.25, 0.3) is 22.3 Å². The first kappa shape index (κ1) is 34.8. The van der Waals surface area contributed by atoms with Crippen molar-refractivity contribution in [2.24, 2.45) is 20.0 Å². The predicted molar refractivity (Wildman–Crippen MR) is 213 cm³/mol. The summed E-state index contributed by atoms with van der Waals surface area (Å²) >= 11 is 0. The van der Waals surface area contributed by atoms with E-state index in [1.54, 1.807) is 0 Å². The molecular weight excluding hydrogens is 698 g/mol. The van der Waals surface area contributed by atoms with Crippen molar-refractivity contribution >= 4 is 51.1 Å². The lowest BCUT2D eigenvalue weighted by molar-refractivity contribution is -0.192. The predicted octanol–water partition coefficient (Wildman–Crippen LogP) is 10.3. The van der Waals surface area contributed by atoms with Crippen LogP contribution in [0, 0.1) is 0 Å². The number of fused-ring (bicyclic) bond motifs is 4. The molecule has 0 saturated heterocycles. The van der Waals surface area contributed by atoms with Crippen LogP contribution in [-0.2, 0) is 4.79 Å². The number of hydrogen-bond acceptors (Lipinski definition) is 5. The summed E-state index contributed by atoms with van der Waals surface area (Å²) in [6, 6.07) is 42.1. The Labute approximate surface area is 314 Å². The van der Waals surface area contributed by atoms with Crippen LogP contribution in [0.1, 0.15) is 22.3 Å². The standard InChI is InChI=1S/C44H28N4.C2HF3O2/c1-5-13-29(14-6-1)38-27-37-26-35-22-21-33(45-35)25-34-23-24-36(46-34)28-39-40(30-15-7-2-8-16-30)41(31-17-9-3-10-18-31)44(48-39)42(43(38)47-37)32-19-11-4-12-20-32;3-2(4,5)1(6)7/h1-28H;(H,6,7). The zero-order chi connectivity index (χ0) is 37.9. The second-order valence-corrected chi connectivity index (χ2v) is 12.7. The molecule has 55 heavy (non-hydrogen) atoms. The van der Waals surface area contributed by atoms with Crippen LogP contribution < -0.4 is 0 Å². The molecule has 6 nitrogen and oxygen atoms in total. The topological polar surface area (TPSA) is 86.7 Å². The van der Waals surface area contributed by atoms with Crippen LogP contribution >= 0.6 is 0 Å². The fraction of sp³-hybridized carbons (Fsp3) is 0.0217. The van der Waals surface area contributed by atoms with E-state index in [-0.39, 0.29) is 0 Å². The number of rotatable bonds is 4. The lowest BCUT2D eigenvalue weighted by Crippen LogP contribution is -2.21. The van der Waals surface area contributed by atoms with Crippen molar-refractivity contribution in [3.8, 4) is 0 Å². The van der Waals surface area contributed by atoms with E-state index in [2.05, 4.69) is 133 Å². The lowest BCUT2D eigenvalue weighted by Gasteiger charge is -2.17. The summed E-state index contributed by atoms with van der Waals surface area (Å²) in [6.07, 6.45) is 11.4. The van der Waals surface area contributed by atoms with Crippen molar-refractivity contribution in [3.63, 3.8) is 0 Å². The van der Waals surface area contributed by atoms with Gasteiger partial charge in [-0.3, -0.25) is 0 Å². The van der Waals surface area contributed by atoms with Gasteiger partial charge in [0.25, 0.3) is 0 Å². The molecule has 0 aromatic heterocycles. The molecule has 9 rings (SSSR count). The van der Waals surface area contributed by atoms with Gasteiger partial charge in [0.15, 0.2) is 0 Å². The molecule has 0 radical (unpaired) electrons. The quantitative estimate of drug-likeness (QED) is 0.227. The van der Waals surface area contributed by atoms with E-state index in [1.807, 2.05) is 36.4 Å². The average Bonchev–Trinajstić information content (AvgIpc) is 4.01. The zero-order valence-electron chi connectivity index (χ0n) is 28.9. The Balaban J connectivity index is 0.000000560. The van der Waals surface area contributed by atoms with Gasteiger partial charge >= 0.3 is 12.1 Å². The maximum atomic E-state index is 10.6. The molecule has 4 aromatic carbocycles. The fourth-order valence-corrected chi connectivity index (χ4v) is 6.63. The van der Waals surface area contributed by atoms with E-state index in [1.165, 1.54) is 0 Å². The maximum absolute atomic E-state index is 10.6. The number of nitrogens with zero attached hydrogens (tertiary/aromatic N) is 4. The fourth-order valence-electron chi connectivity index (χ4n) is 6.63. The number of aliphatic carboxylic acids is 1. The highest BCUT2D eigenvalue weighted by Crippen LogP contribution is 2.46. The molecule has 0 saturated carbocycles. The summed E-state index contributed by atoms with van der Waals surface area (Å²) in [5.74, 6) is -2.76. The van der Waals surface area contributed by atoms with Gasteiger partial charge in [0.2, 0.25) is 0 Å². The molecule has 8 bridgehead atoms. The summed E-state index contributed by atoms with van der Waals surface area (Å²) in [5, 5.41) is 7.12. The van der Waals surface area contributed by atoms with Crippen molar-refractivity contribution in [2.75, 3.05) is 0 Å². The van der Waals surface area contributed by atoms with Crippen molar-refractivity contribution < 1.29 is 23.1 Å². The van der Waals surface area contributed by atoms with Crippen molar-refractivity contribution in [1.82, 2.24) is 0 Å². The van der Waals surface area contributed by atoms with E-state index in [9.17, 15) is 13.2 Å². The number of aliphatic imine (C=N–C) groups is 4. The molecule has 1 N–H and O–H groups in total. The van der Waals surface area contributed by atoms with Gasteiger partial charge in [-0.2, -0.15) is 13.2 Å². The van der Waals surface area contributed by atoms with E-state index in [4.69, 9.17) is 29.9 Å². The second-order valence-electron chi connectivity index (χ2n) is 12.7. The van der Waals surface area contributed by atoms with Gasteiger partial charge in [0, 0.05) is 22.3 Å². The van der Waals surface area contributed by atoms with Crippen LogP contribution in [0.15, 0.2) is 213 Å². The van der Waals surface area contributed by atoms with Crippen molar-refractivity contribution in [1.29, 1.82) is 0 Å². The Morgan fingerprint density at radius 1 is 0.473 bits per heavy atom. The molecule has 0 spiro atoms. The second kappa shape index (κ2) is 14.6. The van der Waals surface area contributed by atoms with Gasteiger partial charge in [0.05, 0.1) is 45.6 Å². The number of halogens is 3. The minimum atomic E-state index is -5.08. The molecule has 266 valence electrons. The molecule has 0 unspecified atom stereocenters. The minimum absolute atomic E-state index is 0.839. The third-order valence-electron chi connectivity index (χ3n) is 8.99. The largest absolute Gasteiger partial charge is 0.490 e. The van der Waals surface area contributed by atoms with E-state index >= 15 is 0 Å². The number of allylic oxidation sites excluding steroid dienone is 12. The molecular formula is C46H29F3N4O2. The first-order chi connectivity index (χ1) is 26.7. The van der Waals surface area contributed by atoms with E-state index in [0.29, 0.717) is 0 Å². The number of hydrogen-bond donors (Lipinski definition) is 1. The van der Waals surface area contributed by atoms with Gasteiger partial charge in [-0.15, -0.1) is 0 Å². The summed E-state index contributed by atoms with van der Waals surface area (Å²) in [6.45, 7) is 0. The van der Waals surface area contributed by atoms with Crippen LogP contribution in [0.4, 0.5) is 13.2 Å². The Morgan fingerprint density at radius 3 is 1.42 bits per heavy atom. The first-order valence-electron chi connectivity index (χ1n) is 17.3. The molecule has 0 amide bonds. The molecule has 9 heteroatoms. The van der Waals surface area contributed by atoms with Gasteiger partial charge in [-0.1, -0.05) is 121 Å². The number of carboxylic acids is 1. The van der Waals surface area contributed by atoms with Gasteiger partial charge < -0.3 is 5.11 Å². The smallest absolute Gasteiger partial charge is 0.475 e. The Hall–Kier alpha value is -7.26. The highest BCUT2D eigenvalue weighted by Gasteiger charge is 2.38. The van der Waals surface area contributed by atoms with Crippen molar-refractivity contribution in [3.05, 3.63) is 215 Å². The van der Waals surface area contributed by atoms with Crippen LogP contribution in [0.2, 0.25) is 0 Å². The lowest BCUT2D eigenvalue weighted by atomic mass is 9.86. The van der Waals surface area contributed by atoms with Gasteiger partial charge in [-0.05, 0) is 70.9 Å². The van der Waals surface area contributed by atoms with Crippen LogP contribution in [0.5, 0.6) is 0 Å². The van der Waals surface area contributed by atoms with E-state index < -0.39 is 12.1 Å². The monoisotopic (exact) mass is 726 g/mol. The highest BCUT2D eigenvalue weighted by molar-refractivity contribution is 6.50. The SMILES string of the molecule is C1=CC2=NC1=CC1=NC(=C(c3ccccc3)C3=NC(=CC4=NC(=C2)C=C4)C=C3c2ccccc2)C(c2ccccc2)=C1c1ccccc1.O=C(O)C(F)(F)F. The maximum Gasteiger partial charge on any atom is 0.490 e. The summed E-state index contributed by atoms with van der Waals surface area (Å²) in [7, 11) is 0. The van der Waals surface area contributed by atoms with Gasteiger partial charge in [0.1, 0.15) is 0 Å². The number of benzene rings is 4. The third kappa shape index (κ3) is 7.36. The Kier molecular flexibility index (Phi) is 9.26. The van der Waals surface area contributed by atoms with E-state index in [0.717, 1.165) is 90.2 Å². The molecule has 5 aliphatic heterocycles. The highest BCUT2D eigenvalue weighted by atomic mass is 19.4. The number of carboxylic acid groups (broad SMARTS) is 1. The molecule has 5 aliphatic rings. The first-order valence-corrected chi connectivity index (χ1v) is 17.3.